The summed E-state index contributed by atoms with van der Waals surface area (Å²) in [5.41, 5.74) is 2.98. The largest absolute Gasteiger partial charge is 0.303 e. The van der Waals surface area contributed by atoms with Gasteiger partial charge in [0.15, 0.2) is 0 Å². The SMILES string of the molecule is CN1CCN(C)C(C(NN)c2sccc2Br)C1. The van der Waals surface area contributed by atoms with Crippen molar-refractivity contribution in [3.8, 4) is 0 Å². The summed E-state index contributed by atoms with van der Waals surface area (Å²) in [6, 6.07) is 2.67. The molecule has 1 fully saturated rings. The van der Waals surface area contributed by atoms with E-state index in [1.807, 2.05) is 0 Å². The van der Waals surface area contributed by atoms with E-state index in [4.69, 9.17) is 5.84 Å². The molecule has 3 N–H and O–H groups in total. The van der Waals surface area contributed by atoms with Crippen LogP contribution >= 0.6 is 27.3 Å². The Morgan fingerprint density at radius 1 is 1.53 bits per heavy atom. The molecule has 1 aromatic rings. The van der Waals surface area contributed by atoms with Crippen LogP contribution in [-0.2, 0) is 0 Å². The summed E-state index contributed by atoms with van der Waals surface area (Å²) < 4.78 is 1.15. The number of hydrogen-bond acceptors (Lipinski definition) is 5. The van der Waals surface area contributed by atoms with Crippen LogP contribution in [0.4, 0.5) is 0 Å². The Balaban J connectivity index is 2.20. The predicted molar refractivity (Wildman–Crippen MR) is 76.0 cm³/mol. The van der Waals surface area contributed by atoms with Crippen LogP contribution in [0.3, 0.4) is 0 Å². The van der Waals surface area contributed by atoms with E-state index in [0.29, 0.717) is 6.04 Å². The number of piperazine rings is 1. The highest BCUT2D eigenvalue weighted by Gasteiger charge is 2.31. The van der Waals surface area contributed by atoms with Gasteiger partial charge in [-0.1, -0.05) is 0 Å². The normalized spacial score (nSPS) is 25.1. The van der Waals surface area contributed by atoms with Gasteiger partial charge in [-0.15, -0.1) is 11.3 Å². The third kappa shape index (κ3) is 2.89. The first-order chi connectivity index (χ1) is 8.13. The van der Waals surface area contributed by atoms with Gasteiger partial charge in [0, 0.05) is 35.0 Å². The van der Waals surface area contributed by atoms with Gasteiger partial charge in [-0.2, -0.15) is 0 Å². The maximum atomic E-state index is 5.76. The molecule has 2 heterocycles. The van der Waals surface area contributed by atoms with E-state index < -0.39 is 0 Å². The molecular weight excluding hydrogens is 300 g/mol. The molecule has 4 nitrogen and oxygen atoms in total. The second-order valence-electron chi connectivity index (χ2n) is 4.59. The lowest BCUT2D eigenvalue weighted by molar-refractivity contribution is 0.0884. The van der Waals surface area contributed by atoms with E-state index in [-0.39, 0.29) is 6.04 Å². The van der Waals surface area contributed by atoms with Crippen molar-refractivity contribution in [3.05, 3.63) is 20.8 Å². The van der Waals surface area contributed by atoms with Gasteiger partial charge in [-0.25, -0.2) is 0 Å². The zero-order valence-corrected chi connectivity index (χ0v) is 12.6. The third-order valence-electron chi connectivity index (χ3n) is 3.39. The van der Waals surface area contributed by atoms with Crippen molar-refractivity contribution in [2.45, 2.75) is 12.1 Å². The maximum Gasteiger partial charge on any atom is 0.0731 e. The zero-order chi connectivity index (χ0) is 12.4. The summed E-state index contributed by atoms with van der Waals surface area (Å²) in [4.78, 5) is 6.02. The summed E-state index contributed by atoms with van der Waals surface area (Å²) >= 11 is 5.34. The van der Waals surface area contributed by atoms with E-state index in [0.717, 1.165) is 24.1 Å². The fourth-order valence-corrected chi connectivity index (χ4v) is 4.03. The summed E-state index contributed by atoms with van der Waals surface area (Å²) in [6.45, 7) is 3.24. The Morgan fingerprint density at radius 3 is 2.88 bits per heavy atom. The molecule has 0 bridgehead atoms. The summed E-state index contributed by atoms with van der Waals surface area (Å²) in [5, 5.41) is 2.09. The Morgan fingerprint density at radius 2 is 2.29 bits per heavy atom. The minimum absolute atomic E-state index is 0.178. The van der Waals surface area contributed by atoms with Crippen LogP contribution in [0.2, 0.25) is 0 Å². The number of likely N-dealkylation sites (N-methyl/N-ethyl adjacent to an activating group) is 2. The van der Waals surface area contributed by atoms with Crippen LogP contribution in [0, 0.1) is 0 Å². The highest BCUT2D eigenvalue weighted by Crippen LogP contribution is 2.32. The average molecular weight is 319 g/mol. The van der Waals surface area contributed by atoms with Gasteiger partial charge in [0.25, 0.3) is 0 Å². The highest BCUT2D eigenvalue weighted by molar-refractivity contribution is 9.10. The standard InChI is InChI=1S/C11H19BrN4S/c1-15-4-5-16(2)9(7-15)10(14-13)11-8(12)3-6-17-11/h3,6,9-10,14H,4-5,7,13H2,1-2H3. The lowest BCUT2D eigenvalue weighted by Crippen LogP contribution is -2.55. The first kappa shape index (κ1) is 13.5. The van der Waals surface area contributed by atoms with Crippen molar-refractivity contribution >= 4 is 27.3 Å². The molecule has 0 aliphatic carbocycles. The van der Waals surface area contributed by atoms with Gasteiger partial charge in [0.05, 0.1) is 6.04 Å². The molecule has 2 atom stereocenters. The lowest BCUT2D eigenvalue weighted by atomic mass is 10.0. The number of nitrogens with one attached hydrogen (secondary N) is 1. The number of rotatable bonds is 3. The van der Waals surface area contributed by atoms with Crippen molar-refractivity contribution in [1.29, 1.82) is 0 Å². The quantitative estimate of drug-likeness (QED) is 0.650. The molecule has 1 aliphatic rings. The minimum atomic E-state index is 0.178. The second kappa shape index (κ2) is 5.77. The molecule has 1 aliphatic heterocycles. The zero-order valence-electron chi connectivity index (χ0n) is 10.2. The van der Waals surface area contributed by atoms with Crippen LogP contribution in [0.1, 0.15) is 10.9 Å². The van der Waals surface area contributed by atoms with Crippen LogP contribution in [-0.4, -0.2) is 49.6 Å². The predicted octanol–water partition coefficient (Wildman–Crippen LogP) is 1.26. The highest BCUT2D eigenvalue weighted by atomic mass is 79.9. The maximum absolute atomic E-state index is 5.76. The van der Waals surface area contributed by atoms with Gasteiger partial charge < -0.3 is 4.90 Å². The average Bonchev–Trinajstić information content (AvgIpc) is 2.71. The molecule has 0 spiro atoms. The van der Waals surface area contributed by atoms with Gasteiger partial charge in [0.1, 0.15) is 0 Å². The van der Waals surface area contributed by atoms with Crippen LogP contribution < -0.4 is 11.3 Å². The van der Waals surface area contributed by atoms with Crippen molar-refractivity contribution in [1.82, 2.24) is 15.2 Å². The third-order valence-corrected chi connectivity index (χ3v) is 5.34. The topological polar surface area (TPSA) is 44.5 Å². The van der Waals surface area contributed by atoms with Gasteiger partial charge in [-0.05, 0) is 41.5 Å². The number of hydrazine groups is 1. The summed E-state index contributed by atoms with van der Waals surface area (Å²) in [7, 11) is 4.33. The van der Waals surface area contributed by atoms with Crippen molar-refractivity contribution in [2.24, 2.45) is 5.84 Å². The fourth-order valence-electron chi connectivity index (χ4n) is 2.29. The van der Waals surface area contributed by atoms with Crippen molar-refractivity contribution in [3.63, 3.8) is 0 Å². The smallest absolute Gasteiger partial charge is 0.0731 e. The monoisotopic (exact) mass is 318 g/mol. The Bertz CT molecular complexity index is 370. The summed E-state index contributed by atoms with van der Waals surface area (Å²) in [6.07, 6.45) is 0. The van der Waals surface area contributed by atoms with E-state index in [1.54, 1.807) is 11.3 Å². The van der Waals surface area contributed by atoms with Crippen molar-refractivity contribution in [2.75, 3.05) is 33.7 Å². The Labute approximate surface area is 115 Å². The molecular formula is C11H19BrN4S. The molecule has 96 valence electrons. The van der Waals surface area contributed by atoms with E-state index in [1.165, 1.54) is 4.88 Å². The molecule has 1 saturated heterocycles. The van der Waals surface area contributed by atoms with Crippen LogP contribution in [0.5, 0.6) is 0 Å². The molecule has 6 heteroatoms. The molecule has 0 radical (unpaired) electrons. The number of thiophene rings is 1. The van der Waals surface area contributed by atoms with Gasteiger partial charge in [-0.3, -0.25) is 16.2 Å². The Hall–Kier alpha value is 0.0200. The molecule has 2 rings (SSSR count). The number of hydrogen-bond donors (Lipinski definition) is 2. The first-order valence-corrected chi connectivity index (χ1v) is 7.38. The lowest BCUT2D eigenvalue weighted by Gasteiger charge is -2.41. The second-order valence-corrected chi connectivity index (χ2v) is 6.39. The van der Waals surface area contributed by atoms with E-state index >= 15 is 0 Å². The van der Waals surface area contributed by atoms with Gasteiger partial charge >= 0.3 is 0 Å². The molecule has 0 amide bonds. The number of nitrogens with zero attached hydrogens (tertiary/aromatic N) is 2. The molecule has 1 aromatic heterocycles. The molecule has 0 saturated carbocycles. The van der Waals surface area contributed by atoms with Crippen LogP contribution in [0.25, 0.3) is 0 Å². The number of halogens is 1. The van der Waals surface area contributed by atoms with E-state index in [2.05, 4.69) is 56.7 Å². The Kier molecular flexibility index (Phi) is 4.57. The van der Waals surface area contributed by atoms with E-state index in [9.17, 15) is 0 Å². The van der Waals surface area contributed by atoms with Crippen LogP contribution in [0.15, 0.2) is 15.9 Å². The summed E-state index contributed by atoms with van der Waals surface area (Å²) in [5.74, 6) is 5.76. The van der Waals surface area contributed by atoms with Gasteiger partial charge in [0.2, 0.25) is 0 Å². The number of nitrogens with two attached hydrogens (primary N) is 1. The minimum Gasteiger partial charge on any atom is -0.303 e. The first-order valence-electron chi connectivity index (χ1n) is 5.71. The molecule has 0 aromatic carbocycles. The van der Waals surface area contributed by atoms with Crippen molar-refractivity contribution < 1.29 is 0 Å². The molecule has 17 heavy (non-hydrogen) atoms. The molecule has 2 unspecified atom stereocenters. The fraction of sp³-hybridized carbons (Fsp3) is 0.636.